The van der Waals surface area contributed by atoms with Crippen LogP contribution in [0.4, 0.5) is 4.79 Å². The first-order valence-electron chi connectivity index (χ1n) is 15.1. The van der Waals surface area contributed by atoms with E-state index in [0.717, 1.165) is 27.8 Å². The number of amides is 1. The molecule has 4 aliphatic rings. The Labute approximate surface area is 266 Å². The van der Waals surface area contributed by atoms with Crippen molar-refractivity contribution in [2.45, 2.75) is 43.2 Å². The van der Waals surface area contributed by atoms with E-state index in [9.17, 15) is 14.4 Å². The zero-order valence-corrected chi connectivity index (χ0v) is 25.7. The monoisotopic (exact) mass is 624 g/mol. The lowest BCUT2D eigenvalue weighted by Crippen LogP contribution is -2.43. The number of rotatable bonds is 8. The van der Waals surface area contributed by atoms with Crippen LogP contribution in [0.3, 0.4) is 0 Å². The number of hydrogen-bond acceptors (Lipinski definition) is 7. The predicted molar refractivity (Wildman–Crippen MR) is 169 cm³/mol. The van der Waals surface area contributed by atoms with Gasteiger partial charge in [0, 0.05) is 35.8 Å². The molecule has 0 unspecified atom stereocenters. The normalized spacial score (nSPS) is 26.1. The summed E-state index contributed by atoms with van der Waals surface area (Å²) in [6, 6.07) is 22.7. The van der Waals surface area contributed by atoms with E-state index in [1.165, 1.54) is 12.0 Å². The number of benzene rings is 3. The van der Waals surface area contributed by atoms with Gasteiger partial charge in [-0.2, -0.15) is 0 Å². The van der Waals surface area contributed by atoms with Crippen molar-refractivity contribution in [3.8, 4) is 11.1 Å². The molecule has 0 aromatic heterocycles. The van der Waals surface area contributed by atoms with Crippen LogP contribution in [0.5, 0.6) is 0 Å². The molecule has 2 heterocycles. The Kier molecular flexibility index (Phi) is 7.28. The summed E-state index contributed by atoms with van der Waals surface area (Å²) in [6.45, 7) is 4.06. The molecule has 7 rings (SSSR count). The molecule has 0 N–H and O–H groups in total. The van der Waals surface area contributed by atoms with Gasteiger partial charge in [-0.15, -0.1) is 6.58 Å². The Balaban J connectivity index is 1.13. The van der Waals surface area contributed by atoms with Crippen LogP contribution in [-0.2, 0) is 23.9 Å². The Morgan fingerprint density at radius 3 is 2.40 bits per heavy atom. The molecule has 2 fully saturated rings. The van der Waals surface area contributed by atoms with E-state index >= 15 is 0 Å². The number of carbonyl (C=O) groups excluding carboxylic acids is 3. The summed E-state index contributed by atoms with van der Waals surface area (Å²) >= 11 is 6.23. The number of esters is 1. The number of nitrogens with zero attached hydrogens (tertiary/aromatic N) is 2. The Morgan fingerprint density at radius 1 is 1.04 bits per heavy atom. The van der Waals surface area contributed by atoms with Gasteiger partial charge in [0.15, 0.2) is 11.4 Å². The Bertz CT molecular complexity index is 1710. The third-order valence-electron chi connectivity index (χ3n) is 9.84. The fraction of sp³-hybridized carbons (Fsp3) is 0.333. The largest absolute Gasteiger partial charge is 0.469 e. The quantitative estimate of drug-likeness (QED) is 0.208. The lowest BCUT2D eigenvalue weighted by molar-refractivity contribution is -0.149. The third kappa shape index (κ3) is 5.01. The zero-order chi connectivity index (χ0) is 31.3. The van der Waals surface area contributed by atoms with Crippen molar-refractivity contribution in [3.63, 3.8) is 0 Å². The van der Waals surface area contributed by atoms with Crippen molar-refractivity contribution >= 4 is 35.2 Å². The molecule has 9 heteroatoms. The molecule has 2 aliphatic heterocycles. The molecule has 1 spiro atoms. The minimum absolute atomic E-state index is 0.0632. The molecule has 8 nitrogen and oxygen atoms in total. The molecule has 230 valence electrons. The number of likely N-dealkylation sites (tertiary alicyclic amines) is 1. The molecular formula is C36H33ClN2O6. The average Bonchev–Trinajstić information content (AvgIpc) is 3.32. The van der Waals surface area contributed by atoms with Crippen LogP contribution in [0.1, 0.15) is 48.3 Å². The molecule has 3 aromatic carbocycles. The topological polar surface area (TPSA) is 94.5 Å². The maximum Gasteiger partial charge on any atom is 0.410 e. The third-order valence-corrected chi connectivity index (χ3v) is 10.1. The van der Waals surface area contributed by atoms with E-state index in [4.69, 9.17) is 25.9 Å². The van der Waals surface area contributed by atoms with Crippen LogP contribution in [-0.4, -0.2) is 60.4 Å². The molecule has 3 aromatic rings. The first-order chi connectivity index (χ1) is 21.8. The average molecular weight is 625 g/mol. The second kappa shape index (κ2) is 11.2. The van der Waals surface area contributed by atoms with Gasteiger partial charge in [0.2, 0.25) is 0 Å². The predicted octanol–water partition coefficient (Wildman–Crippen LogP) is 6.55. The molecule has 4 atom stereocenters. The minimum Gasteiger partial charge on any atom is -0.469 e. The van der Waals surface area contributed by atoms with Gasteiger partial charge < -0.3 is 14.3 Å². The van der Waals surface area contributed by atoms with Crippen LogP contribution < -0.4 is 0 Å². The van der Waals surface area contributed by atoms with Gasteiger partial charge in [-0.25, -0.2) is 4.79 Å². The van der Waals surface area contributed by atoms with E-state index in [1.807, 2.05) is 42.5 Å². The van der Waals surface area contributed by atoms with Crippen LogP contribution in [0.2, 0.25) is 5.02 Å². The zero-order valence-electron chi connectivity index (χ0n) is 24.9. The van der Waals surface area contributed by atoms with Crippen LogP contribution >= 0.6 is 11.6 Å². The number of hydrogen-bond donors (Lipinski definition) is 0. The number of carbonyl (C=O) groups is 3. The minimum atomic E-state index is -0.963. The van der Waals surface area contributed by atoms with Crippen molar-refractivity contribution in [1.29, 1.82) is 0 Å². The highest BCUT2D eigenvalue weighted by Gasteiger charge is 2.62. The number of oxime groups is 1. The standard InChI is InChI=1S/C36H33ClN2O6/c1-3-23-16-36(23,33(41)43-2)19-32(40)31-18-35(17-30(38-45-35)22-9-8-10-24(37)15-22)21-39(31)34(42)44-20-29-27-13-6-4-11-25(27)26-12-5-7-14-28(26)29/h3-15,23,29,31H,1,16-21H2,2H3/t23-,31+,35-,36-/m1/s1. The SMILES string of the molecule is C=C[C@@H]1C[C@]1(CC(=O)[C@@H]1C[C@]2(CC(c3cccc(Cl)c3)=NO2)CN1C(=O)OCC1c2ccccc2-c2ccccc21)C(=O)OC. The van der Waals surface area contributed by atoms with Crippen LogP contribution in [0, 0.1) is 11.3 Å². The lowest BCUT2D eigenvalue weighted by Gasteiger charge is -2.25. The molecule has 0 radical (unpaired) electrons. The van der Waals surface area contributed by atoms with Crippen molar-refractivity contribution in [2.75, 3.05) is 20.3 Å². The summed E-state index contributed by atoms with van der Waals surface area (Å²) in [5, 5.41) is 4.94. The van der Waals surface area contributed by atoms with Gasteiger partial charge in [0.25, 0.3) is 0 Å². The maximum absolute atomic E-state index is 14.0. The van der Waals surface area contributed by atoms with Crippen molar-refractivity contribution < 1.29 is 28.7 Å². The summed E-state index contributed by atoms with van der Waals surface area (Å²) in [4.78, 5) is 48.2. The summed E-state index contributed by atoms with van der Waals surface area (Å²) in [7, 11) is 1.32. The first-order valence-corrected chi connectivity index (χ1v) is 15.5. The molecule has 1 saturated carbocycles. The highest BCUT2D eigenvalue weighted by atomic mass is 35.5. The van der Waals surface area contributed by atoms with Crippen LogP contribution in [0.15, 0.2) is 90.6 Å². The highest BCUT2D eigenvalue weighted by Crippen LogP contribution is 2.57. The number of ketones is 1. The van der Waals surface area contributed by atoms with E-state index in [-0.39, 0.29) is 43.6 Å². The van der Waals surface area contributed by atoms with Gasteiger partial charge in [0.1, 0.15) is 6.61 Å². The Morgan fingerprint density at radius 2 is 1.76 bits per heavy atom. The molecule has 1 amide bonds. The molecule has 0 bridgehead atoms. The molecule has 45 heavy (non-hydrogen) atoms. The number of Topliss-reactive ketones (excluding diaryl/α,β-unsaturated/α-hetero) is 1. The number of fused-ring (bicyclic) bond motifs is 3. The number of allylic oxidation sites excluding steroid dienone is 1. The van der Waals surface area contributed by atoms with Gasteiger partial charge in [-0.1, -0.05) is 83.5 Å². The fourth-order valence-corrected chi connectivity index (χ4v) is 7.62. The summed E-state index contributed by atoms with van der Waals surface area (Å²) in [6.07, 6.45) is 2.12. The first kappa shape index (κ1) is 29.3. The van der Waals surface area contributed by atoms with E-state index in [0.29, 0.717) is 23.6 Å². The van der Waals surface area contributed by atoms with Crippen molar-refractivity contribution in [2.24, 2.45) is 16.5 Å². The van der Waals surface area contributed by atoms with Gasteiger partial charge in [-0.3, -0.25) is 14.5 Å². The number of methoxy groups -OCH3 is 1. The second-order valence-electron chi connectivity index (χ2n) is 12.5. The summed E-state index contributed by atoms with van der Waals surface area (Å²) < 4.78 is 11.1. The van der Waals surface area contributed by atoms with E-state index < -0.39 is 29.1 Å². The lowest BCUT2D eigenvalue weighted by atomic mass is 9.88. The molecule has 2 aliphatic carbocycles. The van der Waals surface area contributed by atoms with E-state index in [2.05, 4.69) is 36.0 Å². The van der Waals surface area contributed by atoms with Crippen molar-refractivity contribution in [3.05, 3.63) is 107 Å². The highest BCUT2D eigenvalue weighted by molar-refractivity contribution is 6.31. The van der Waals surface area contributed by atoms with Crippen LogP contribution in [0.25, 0.3) is 11.1 Å². The number of ether oxygens (including phenoxy) is 2. The van der Waals surface area contributed by atoms with Gasteiger partial charge in [0.05, 0.1) is 30.8 Å². The maximum atomic E-state index is 14.0. The van der Waals surface area contributed by atoms with Gasteiger partial charge in [-0.05, 0) is 46.7 Å². The van der Waals surface area contributed by atoms with Crippen molar-refractivity contribution in [1.82, 2.24) is 4.90 Å². The second-order valence-corrected chi connectivity index (χ2v) is 12.9. The van der Waals surface area contributed by atoms with Gasteiger partial charge >= 0.3 is 12.1 Å². The van der Waals surface area contributed by atoms with E-state index in [1.54, 1.807) is 12.1 Å². The number of halogens is 1. The molecule has 1 saturated heterocycles. The smallest absolute Gasteiger partial charge is 0.410 e. The summed E-state index contributed by atoms with van der Waals surface area (Å²) in [5.74, 6) is -0.970. The summed E-state index contributed by atoms with van der Waals surface area (Å²) in [5.41, 5.74) is 4.08. The fourth-order valence-electron chi connectivity index (χ4n) is 7.43. The molecular weight excluding hydrogens is 592 g/mol. The Hall–Kier alpha value is -4.43.